The van der Waals surface area contributed by atoms with E-state index < -0.39 is 0 Å². The molecule has 4 nitrogen and oxygen atoms in total. The van der Waals surface area contributed by atoms with Gasteiger partial charge >= 0.3 is 0 Å². The zero-order chi connectivity index (χ0) is 16.8. The molecule has 0 bridgehead atoms. The van der Waals surface area contributed by atoms with Crippen molar-refractivity contribution in [2.45, 2.75) is 25.3 Å². The number of nitrogens with two attached hydrogens (primary N) is 1. The van der Waals surface area contributed by atoms with Crippen LogP contribution < -0.4 is 11.1 Å². The van der Waals surface area contributed by atoms with E-state index in [2.05, 4.69) is 28.4 Å². The summed E-state index contributed by atoms with van der Waals surface area (Å²) >= 11 is 0. The van der Waals surface area contributed by atoms with E-state index in [1.165, 1.54) is 5.56 Å². The van der Waals surface area contributed by atoms with Crippen molar-refractivity contribution in [2.75, 3.05) is 25.0 Å². The number of likely N-dealkylation sites (tertiary alicyclic amines) is 1. The van der Waals surface area contributed by atoms with Gasteiger partial charge in [-0.15, -0.1) is 0 Å². The van der Waals surface area contributed by atoms with Crippen molar-refractivity contribution < 1.29 is 4.79 Å². The number of para-hydroxylation sites is 1. The average Bonchev–Trinajstić information content (AvgIpc) is 2.60. The van der Waals surface area contributed by atoms with Crippen LogP contribution in [0.25, 0.3) is 0 Å². The van der Waals surface area contributed by atoms with Crippen molar-refractivity contribution in [3.63, 3.8) is 0 Å². The molecule has 0 saturated carbocycles. The van der Waals surface area contributed by atoms with Crippen LogP contribution in [0.3, 0.4) is 0 Å². The summed E-state index contributed by atoms with van der Waals surface area (Å²) in [6.07, 6.45) is 2.76. The number of hydrogen-bond donors (Lipinski definition) is 2. The second-order valence-electron chi connectivity index (χ2n) is 6.48. The first-order valence-electron chi connectivity index (χ1n) is 8.60. The number of piperidine rings is 1. The Morgan fingerprint density at radius 2 is 1.71 bits per heavy atom. The van der Waals surface area contributed by atoms with Crippen molar-refractivity contribution in [1.82, 2.24) is 4.90 Å². The molecular weight excluding hydrogens is 298 g/mol. The van der Waals surface area contributed by atoms with Gasteiger partial charge < -0.3 is 11.1 Å². The van der Waals surface area contributed by atoms with Gasteiger partial charge in [-0.1, -0.05) is 48.5 Å². The van der Waals surface area contributed by atoms with E-state index in [0.29, 0.717) is 6.54 Å². The summed E-state index contributed by atoms with van der Waals surface area (Å²) in [6, 6.07) is 18.6. The number of anilines is 1. The smallest absolute Gasteiger partial charge is 0.238 e. The Balaban J connectivity index is 1.61. The highest BCUT2D eigenvalue weighted by Gasteiger charge is 2.18. The molecule has 1 aliphatic heterocycles. The molecule has 0 radical (unpaired) electrons. The fourth-order valence-corrected chi connectivity index (χ4v) is 3.12. The summed E-state index contributed by atoms with van der Waals surface area (Å²) < 4.78 is 0. The van der Waals surface area contributed by atoms with E-state index in [1.54, 1.807) is 0 Å². The quantitative estimate of drug-likeness (QED) is 0.889. The van der Waals surface area contributed by atoms with Crippen LogP contribution in [0.5, 0.6) is 0 Å². The Kier molecular flexibility index (Phi) is 5.62. The van der Waals surface area contributed by atoms with Gasteiger partial charge in [0.15, 0.2) is 0 Å². The first kappa shape index (κ1) is 16.7. The van der Waals surface area contributed by atoms with Crippen molar-refractivity contribution >= 4 is 11.6 Å². The highest BCUT2D eigenvalue weighted by molar-refractivity contribution is 5.93. The van der Waals surface area contributed by atoms with Gasteiger partial charge in [-0.2, -0.15) is 0 Å². The van der Waals surface area contributed by atoms with E-state index in [-0.39, 0.29) is 11.9 Å². The number of benzene rings is 2. The molecule has 0 aromatic heterocycles. The molecule has 4 heteroatoms. The van der Waals surface area contributed by atoms with E-state index in [4.69, 9.17) is 5.73 Å². The fourth-order valence-electron chi connectivity index (χ4n) is 3.12. The second kappa shape index (κ2) is 8.08. The Bertz CT molecular complexity index is 664. The molecule has 1 aliphatic rings. The second-order valence-corrected chi connectivity index (χ2v) is 6.48. The number of hydrogen-bond acceptors (Lipinski definition) is 3. The Morgan fingerprint density at radius 1 is 1.04 bits per heavy atom. The van der Waals surface area contributed by atoms with Crippen molar-refractivity contribution in [1.29, 1.82) is 0 Å². The maximum atomic E-state index is 12.4. The van der Waals surface area contributed by atoms with Crippen LogP contribution in [0.4, 0.5) is 5.69 Å². The highest BCUT2D eigenvalue weighted by Crippen LogP contribution is 2.19. The Morgan fingerprint density at radius 3 is 2.46 bits per heavy atom. The van der Waals surface area contributed by atoms with Crippen LogP contribution >= 0.6 is 0 Å². The van der Waals surface area contributed by atoms with Gasteiger partial charge in [-0.05, 0) is 36.5 Å². The van der Waals surface area contributed by atoms with Crippen LogP contribution in [0, 0.1) is 0 Å². The van der Waals surface area contributed by atoms with E-state index in [9.17, 15) is 4.79 Å². The average molecular weight is 323 g/mol. The molecular formula is C20H25N3O. The zero-order valence-corrected chi connectivity index (χ0v) is 13.9. The third-order valence-electron chi connectivity index (χ3n) is 4.53. The minimum Gasteiger partial charge on any atom is -0.328 e. The molecule has 2 aromatic carbocycles. The summed E-state index contributed by atoms with van der Waals surface area (Å²) in [5.74, 6) is 0.0472. The minimum absolute atomic E-state index is 0.0472. The highest BCUT2D eigenvalue weighted by atomic mass is 16.2. The van der Waals surface area contributed by atoms with Crippen molar-refractivity contribution in [2.24, 2.45) is 5.73 Å². The van der Waals surface area contributed by atoms with E-state index in [0.717, 1.165) is 43.6 Å². The SMILES string of the molecule is NC1CCN(CC(=O)Nc2ccccc2Cc2ccccc2)CC1. The number of rotatable bonds is 5. The molecule has 1 amide bonds. The maximum Gasteiger partial charge on any atom is 0.238 e. The van der Waals surface area contributed by atoms with Crippen LogP contribution in [0.15, 0.2) is 54.6 Å². The van der Waals surface area contributed by atoms with Crippen LogP contribution in [-0.2, 0) is 11.2 Å². The first-order chi connectivity index (χ1) is 11.7. The summed E-state index contributed by atoms with van der Waals surface area (Å²) in [5, 5.41) is 3.08. The van der Waals surface area contributed by atoms with Gasteiger partial charge in [0, 0.05) is 24.8 Å². The molecule has 0 unspecified atom stereocenters. The third-order valence-corrected chi connectivity index (χ3v) is 4.53. The van der Waals surface area contributed by atoms with Crippen molar-refractivity contribution in [3.8, 4) is 0 Å². The summed E-state index contributed by atoms with van der Waals surface area (Å²) in [7, 11) is 0. The molecule has 0 atom stereocenters. The monoisotopic (exact) mass is 323 g/mol. The normalized spacial score (nSPS) is 16.0. The van der Waals surface area contributed by atoms with Crippen LogP contribution in [0.1, 0.15) is 24.0 Å². The van der Waals surface area contributed by atoms with Crippen LogP contribution in [0.2, 0.25) is 0 Å². The molecule has 0 aliphatic carbocycles. The lowest BCUT2D eigenvalue weighted by molar-refractivity contribution is -0.117. The molecule has 1 heterocycles. The molecule has 1 saturated heterocycles. The van der Waals surface area contributed by atoms with Gasteiger partial charge in [-0.25, -0.2) is 0 Å². The van der Waals surface area contributed by atoms with Gasteiger partial charge in [0.05, 0.1) is 6.54 Å². The Hall–Kier alpha value is -2.17. The topological polar surface area (TPSA) is 58.4 Å². The predicted octanol–water partition coefficient (Wildman–Crippen LogP) is 2.64. The van der Waals surface area contributed by atoms with Crippen molar-refractivity contribution in [3.05, 3.63) is 65.7 Å². The van der Waals surface area contributed by atoms with E-state index in [1.807, 2.05) is 36.4 Å². The molecule has 2 aromatic rings. The molecule has 24 heavy (non-hydrogen) atoms. The predicted molar refractivity (Wildman–Crippen MR) is 98.0 cm³/mol. The van der Waals surface area contributed by atoms with Gasteiger partial charge in [0.25, 0.3) is 0 Å². The summed E-state index contributed by atoms with van der Waals surface area (Å²) in [5.41, 5.74) is 9.20. The number of nitrogens with zero attached hydrogens (tertiary/aromatic N) is 1. The largest absolute Gasteiger partial charge is 0.328 e. The fraction of sp³-hybridized carbons (Fsp3) is 0.350. The molecule has 1 fully saturated rings. The zero-order valence-electron chi connectivity index (χ0n) is 13.9. The maximum absolute atomic E-state index is 12.4. The summed E-state index contributed by atoms with van der Waals surface area (Å²) in [4.78, 5) is 14.6. The molecule has 126 valence electrons. The van der Waals surface area contributed by atoms with Crippen LogP contribution in [-0.4, -0.2) is 36.5 Å². The number of nitrogens with one attached hydrogen (secondary N) is 1. The van der Waals surface area contributed by atoms with Gasteiger partial charge in [0.1, 0.15) is 0 Å². The number of carbonyl (C=O) groups excluding carboxylic acids is 1. The lowest BCUT2D eigenvalue weighted by Crippen LogP contribution is -2.43. The van der Waals surface area contributed by atoms with Gasteiger partial charge in [-0.3, -0.25) is 9.69 Å². The van der Waals surface area contributed by atoms with Gasteiger partial charge in [0.2, 0.25) is 5.91 Å². The lowest BCUT2D eigenvalue weighted by atomic mass is 10.0. The molecule has 0 spiro atoms. The van der Waals surface area contributed by atoms with E-state index >= 15 is 0 Å². The Labute approximate surface area is 143 Å². The molecule has 3 rings (SSSR count). The first-order valence-corrected chi connectivity index (χ1v) is 8.60. The molecule has 3 N–H and O–H groups in total. The lowest BCUT2D eigenvalue weighted by Gasteiger charge is -2.29. The third kappa shape index (κ3) is 4.66. The minimum atomic E-state index is 0.0472. The summed E-state index contributed by atoms with van der Waals surface area (Å²) in [6.45, 7) is 2.24. The number of amides is 1. The number of carbonyl (C=O) groups is 1. The standard InChI is InChI=1S/C20H25N3O/c21-18-10-12-23(13-11-18)15-20(24)22-19-9-5-4-8-17(19)14-16-6-2-1-3-7-16/h1-9,18H,10-15,21H2,(H,22,24).